The number of alkyl halides is 1. The zero-order valence-electron chi connectivity index (χ0n) is 9.03. The molecule has 4 heteroatoms. The van der Waals surface area contributed by atoms with Gasteiger partial charge < -0.3 is 14.6 Å². The van der Waals surface area contributed by atoms with Crippen molar-refractivity contribution in [1.82, 2.24) is 0 Å². The Morgan fingerprint density at radius 3 is 2.40 bits per heavy atom. The molecule has 0 heterocycles. The molecule has 0 radical (unpaired) electrons. The van der Waals surface area contributed by atoms with Crippen LogP contribution in [-0.4, -0.2) is 25.4 Å². The summed E-state index contributed by atoms with van der Waals surface area (Å²) in [6.45, 7) is 1.64. The van der Waals surface area contributed by atoms with Gasteiger partial charge in [-0.1, -0.05) is 0 Å². The molecule has 0 saturated heterocycles. The summed E-state index contributed by atoms with van der Waals surface area (Å²) < 4.78 is 10.3. The largest absolute Gasteiger partial charge is 0.497 e. The Balaban J connectivity index is 3.11. The first-order valence-electron chi connectivity index (χ1n) is 4.64. The zero-order chi connectivity index (χ0) is 11.4. The van der Waals surface area contributed by atoms with E-state index in [9.17, 15) is 5.11 Å². The van der Waals surface area contributed by atoms with Crippen LogP contribution in [0.3, 0.4) is 0 Å². The Hall–Kier alpha value is -0.930. The lowest BCUT2D eigenvalue weighted by atomic mass is 10.1. The molecule has 2 atom stereocenters. The van der Waals surface area contributed by atoms with Crippen LogP contribution in [0.2, 0.25) is 0 Å². The Morgan fingerprint density at radius 2 is 1.93 bits per heavy atom. The minimum atomic E-state index is -0.646. The van der Waals surface area contributed by atoms with Crippen molar-refractivity contribution in [3.05, 3.63) is 23.8 Å². The van der Waals surface area contributed by atoms with Crippen LogP contribution < -0.4 is 9.47 Å². The van der Waals surface area contributed by atoms with Gasteiger partial charge in [0.25, 0.3) is 0 Å². The van der Waals surface area contributed by atoms with Crippen molar-refractivity contribution >= 4 is 11.6 Å². The summed E-state index contributed by atoms with van der Waals surface area (Å²) in [4.78, 5) is 0. The molecule has 0 aliphatic heterocycles. The molecule has 0 spiro atoms. The molecule has 0 aromatic heterocycles. The van der Waals surface area contributed by atoms with Crippen molar-refractivity contribution < 1.29 is 14.6 Å². The monoisotopic (exact) mass is 230 g/mol. The predicted octanol–water partition coefficient (Wildman–Crippen LogP) is 2.36. The summed E-state index contributed by atoms with van der Waals surface area (Å²) in [6, 6.07) is 5.32. The van der Waals surface area contributed by atoms with E-state index >= 15 is 0 Å². The second kappa shape index (κ2) is 5.24. The molecule has 0 saturated carbocycles. The fraction of sp³-hybridized carbons (Fsp3) is 0.455. The SMILES string of the molecule is COc1ccc(OC)c([C@H](Cl)[C@@H](C)O)c1. The van der Waals surface area contributed by atoms with Crippen molar-refractivity contribution in [2.24, 2.45) is 0 Å². The molecule has 1 aromatic rings. The normalized spacial score (nSPS) is 14.5. The van der Waals surface area contributed by atoms with Gasteiger partial charge in [-0.3, -0.25) is 0 Å². The number of ether oxygens (including phenoxy) is 2. The van der Waals surface area contributed by atoms with Gasteiger partial charge in [-0.25, -0.2) is 0 Å². The van der Waals surface area contributed by atoms with Crippen molar-refractivity contribution in [3.63, 3.8) is 0 Å². The molecular formula is C11H15ClO3. The van der Waals surface area contributed by atoms with E-state index in [-0.39, 0.29) is 0 Å². The van der Waals surface area contributed by atoms with Gasteiger partial charge in [-0.15, -0.1) is 11.6 Å². The highest BCUT2D eigenvalue weighted by Gasteiger charge is 2.19. The number of aliphatic hydroxyl groups excluding tert-OH is 1. The van der Waals surface area contributed by atoms with Crippen molar-refractivity contribution in [3.8, 4) is 11.5 Å². The molecule has 0 unspecified atom stereocenters. The van der Waals surface area contributed by atoms with E-state index in [0.29, 0.717) is 11.5 Å². The van der Waals surface area contributed by atoms with Gasteiger partial charge in [-0.05, 0) is 25.1 Å². The summed E-state index contributed by atoms with van der Waals surface area (Å²) in [5.41, 5.74) is 0.730. The highest BCUT2D eigenvalue weighted by Crippen LogP contribution is 2.34. The summed E-state index contributed by atoms with van der Waals surface area (Å²) in [5.74, 6) is 1.34. The minimum absolute atomic E-state index is 0.505. The first-order chi connectivity index (χ1) is 7.10. The number of halogens is 1. The molecule has 15 heavy (non-hydrogen) atoms. The number of hydrogen-bond donors (Lipinski definition) is 1. The van der Waals surface area contributed by atoms with Crippen LogP contribution in [0.15, 0.2) is 18.2 Å². The molecule has 3 nitrogen and oxygen atoms in total. The Kier molecular flexibility index (Phi) is 4.24. The van der Waals surface area contributed by atoms with Crippen molar-refractivity contribution in [2.45, 2.75) is 18.4 Å². The molecular weight excluding hydrogens is 216 g/mol. The Labute approximate surface area is 94.6 Å². The summed E-state index contributed by atoms with van der Waals surface area (Å²) in [7, 11) is 3.15. The highest BCUT2D eigenvalue weighted by molar-refractivity contribution is 6.21. The van der Waals surface area contributed by atoms with Crippen LogP contribution in [-0.2, 0) is 0 Å². The van der Waals surface area contributed by atoms with Gasteiger partial charge in [0.1, 0.15) is 11.5 Å². The number of aliphatic hydroxyl groups is 1. The second-order valence-corrected chi connectivity index (χ2v) is 3.72. The van der Waals surface area contributed by atoms with Crippen LogP contribution in [0.4, 0.5) is 0 Å². The molecule has 0 bridgehead atoms. The van der Waals surface area contributed by atoms with Gasteiger partial charge in [0.05, 0.1) is 25.7 Å². The maximum absolute atomic E-state index is 9.43. The molecule has 1 N–H and O–H groups in total. The van der Waals surface area contributed by atoms with E-state index in [1.165, 1.54) is 0 Å². The Morgan fingerprint density at radius 1 is 1.27 bits per heavy atom. The summed E-state index contributed by atoms with van der Waals surface area (Å²) in [6.07, 6.45) is -0.646. The highest BCUT2D eigenvalue weighted by atomic mass is 35.5. The third-order valence-corrected chi connectivity index (χ3v) is 2.76. The average Bonchev–Trinajstić information content (AvgIpc) is 2.27. The lowest BCUT2D eigenvalue weighted by Crippen LogP contribution is -2.10. The van der Waals surface area contributed by atoms with E-state index in [1.54, 1.807) is 39.3 Å². The predicted molar refractivity (Wildman–Crippen MR) is 59.8 cm³/mol. The number of rotatable bonds is 4. The van der Waals surface area contributed by atoms with Gasteiger partial charge >= 0.3 is 0 Å². The van der Waals surface area contributed by atoms with E-state index in [4.69, 9.17) is 21.1 Å². The number of hydrogen-bond acceptors (Lipinski definition) is 3. The Bertz CT molecular complexity index is 326. The average molecular weight is 231 g/mol. The maximum atomic E-state index is 9.43. The molecule has 0 amide bonds. The van der Waals surface area contributed by atoms with E-state index in [1.807, 2.05) is 0 Å². The van der Waals surface area contributed by atoms with Crippen LogP contribution in [0.25, 0.3) is 0 Å². The third kappa shape index (κ3) is 2.76. The van der Waals surface area contributed by atoms with Crippen molar-refractivity contribution in [1.29, 1.82) is 0 Å². The molecule has 0 aliphatic carbocycles. The van der Waals surface area contributed by atoms with Gasteiger partial charge in [-0.2, -0.15) is 0 Å². The topological polar surface area (TPSA) is 38.7 Å². The third-order valence-electron chi connectivity index (χ3n) is 2.16. The quantitative estimate of drug-likeness (QED) is 0.808. The van der Waals surface area contributed by atoms with E-state index in [0.717, 1.165) is 5.56 Å². The zero-order valence-corrected chi connectivity index (χ0v) is 9.78. The van der Waals surface area contributed by atoms with Crippen LogP contribution in [0, 0.1) is 0 Å². The molecule has 0 fully saturated rings. The summed E-state index contributed by atoms with van der Waals surface area (Å²) in [5, 5.41) is 8.92. The molecule has 1 rings (SSSR count). The van der Waals surface area contributed by atoms with Crippen LogP contribution >= 0.6 is 11.6 Å². The van der Waals surface area contributed by atoms with Gasteiger partial charge in [0.2, 0.25) is 0 Å². The fourth-order valence-electron chi connectivity index (χ4n) is 1.31. The number of benzene rings is 1. The lowest BCUT2D eigenvalue weighted by molar-refractivity contribution is 0.188. The lowest BCUT2D eigenvalue weighted by Gasteiger charge is -2.17. The van der Waals surface area contributed by atoms with Crippen LogP contribution in [0.1, 0.15) is 17.9 Å². The van der Waals surface area contributed by atoms with Gasteiger partial charge in [0, 0.05) is 5.56 Å². The molecule has 1 aromatic carbocycles. The standard InChI is InChI=1S/C11H15ClO3/c1-7(13)11(12)9-6-8(14-2)4-5-10(9)15-3/h4-7,11,13H,1-3H3/t7-,11-/m1/s1. The van der Waals surface area contributed by atoms with E-state index < -0.39 is 11.5 Å². The number of methoxy groups -OCH3 is 2. The van der Waals surface area contributed by atoms with Gasteiger partial charge in [0.15, 0.2) is 0 Å². The summed E-state index contributed by atoms with van der Waals surface area (Å²) >= 11 is 6.07. The van der Waals surface area contributed by atoms with Crippen molar-refractivity contribution in [2.75, 3.05) is 14.2 Å². The first-order valence-corrected chi connectivity index (χ1v) is 5.07. The fourth-order valence-corrected chi connectivity index (χ4v) is 1.49. The maximum Gasteiger partial charge on any atom is 0.123 e. The minimum Gasteiger partial charge on any atom is -0.497 e. The first kappa shape index (κ1) is 12.1. The molecule has 0 aliphatic rings. The smallest absolute Gasteiger partial charge is 0.123 e. The molecule has 84 valence electrons. The van der Waals surface area contributed by atoms with Crippen LogP contribution in [0.5, 0.6) is 11.5 Å². The van der Waals surface area contributed by atoms with E-state index in [2.05, 4.69) is 0 Å². The second-order valence-electron chi connectivity index (χ2n) is 3.25.